The number of rotatable bonds is 5. The van der Waals surface area contributed by atoms with Crippen LogP contribution >= 0.6 is 0 Å². The second kappa shape index (κ2) is 6.67. The van der Waals surface area contributed by atoms with Crippen LogP contribution in [-0.2, 0) is 21.3 Å². The molecular formula is C15H14FNO4S. The first kappa shape index (κ1) is 16.1. The molecule has 2 rings (SSSR count). The first-order chi connectivity index (χ1) is 10.4. The fraction of sp³-hybridized carbons (Fsp3) is 0.133. The number of halogens is 1. The van der Waals surface area contributed by atoms with Crippen molar-refractivity contribution in [2.45, 2.75) is 11.4 Å². The molecular weight excluding hydrogens is 309 g/mol. The summed E-state index contributed by atoms with van der Waals surface area (Å²) in [6.45, 7) is -0.183. The number of ether oxygens (including phenoxy) is 1. The maximum Gasteiger partial charge on any atom is 0.337 e. The predicted molar refractivity (Wildman–Crippen MR) is 78.2 cm³/mol. The fourth-order valence-corrected chi connectivity index (χ4v) is 2.86. The summed E-state index contributed by atoms with van der Waals surface area (Å²) in [5.41, 5.74) is 0.353. The van der Waals surface area contributed by atoms with Crippen LogP contribution in [0.5, 0.6) is 0 Å². The number of nitrogens with one attached hydrogen (secondary N) is 1. The molecule has 0 aliphatic rings. The number of carbonyl (C=O) groups excluding carboxylic acids is 1. The van der Waals surface area contributed by atoms with E-state index in [-0.39, 0.29) is 22.6 Å². The van der Waals surface area contributed by atoms with Gasteiger partial charge in [-0.3, -0.25) is 0 Å². The molecule has 0 aliphatic carbocycles. The number of esters is 1. The Morgan fingerprint density at radius 2 is 1.91 bits per heavy atom. The summed E-state index contributed by atoms with van der Waals surface area (Å²) in [6, 6.07) is 11.3. The third-order valence-corrected chi connectivity index (χ3v) is 4.37. The Kier molecular flexibility index (Phi) is 4.89. The second-order valence-electron chi connectivity index (χ2n) is 4.44. The highest BCUT2D eigenvalue weighted by Crippen LogP contribution is 2.14. The van der Waals surface area contributed by atoms with Gasteiger partial charge in [-0.1, -0.05) is 24.3 Å². The van der Waals surface area contributed by atoms with Gasteiger partial charge < -0.3 is 4.74 Å². The molecule has 1 N–H and O–H groups in total. The number of carbonyl (C=O) groups is 1. The van der Waals surface area contributed by atoms with Crippen LogP contribution in [0.25, 0.3) is 0 Å². The van der Waals surface area contributed by atoms with Gasteiger partial charge in [0.2, 0.25) is 10.0 Å². The molecule has 2 aromatic carbocycles. The van der Waals surface area contributed by atoms with E-state index in [0.29, 0.717) is 0 Å². The Balaban J connectivity index is 2.20. The molecule has 0 amide bonds. The number of hydrogen-bond donors (Lipinski definition) is 1. The van der Waals surface area contributed by atoms with Gasteiger partial charge in [-0.05, 0) is 24.3 Å². The first-order valence-corrected chi connectivity index (χ1v) is 7.84. The Morgan fingerprint density at radius 1 is 1.18 bits per heavy atom. The van der Waals surface area contributed by atoms with Crippen molar-refractivity contribution in [1.29, 1.82) is 0 Å². The van der Waals surface area contributed by atoms with Gasteiger partial charge in [-0.25, -0.2) is 22.3 Å². The lowest BCUT2D eigenvalue weighted by atomic mass is 10.2. The molecule has 116 valence electrons. The third-order valence-electron chi connectivity index (χ3n) is 2.98. The molecule has 0 heterocycles. The normalized spacial score (nSPS) is 11.2. The number of sulfonamides is 1. The standard InChI is InChI=1S/C15H14FNO4S/c1-21-15(18)11-6-4-7-13(9-11)22(19,20)17-10-12-5-2-3-8-14(12)16/h2-9,17H,10H2,1H3. The smallest absolute Gasteiger partial charge is 0.337 e. The highest BCUT2D eigenvalue weighted by Gasteiger charge is 2.17. The average molecular weight is 323 g/mol. The minimum atomic E-state index is -3.86. The van der Waals surface area contributed by atoms with Crippen molar-refractivity contribution >= 4 is 16.0 Å². The van der Waals surface area contributed by atoms with Crippen LogP contribution in [0.15, 0.2) is 53.4 Å². The zero-order valence-electron chi connectivity index (χ0n) is 11.7. The average Bonchev–Trinajstić information content (AvgIpc) is 2.53. The van der Waals surface area contributed by atoms with E-state index in [2.05, 4.69) is 9.46 Å². The maximum atomic E-state index is 13.5. The minimum Gasteiger partial charge on any atom is -0.465 e. The van der Waals surface area contributed by atoms with E-state index in [1.54, 1.807) is 6.07 Å². The van der Waals surface area contributed by atoms with Crippen LogP contribution in [-0.4, -0.2) is 21.5 Å². The zero-order chi connectivity index (χ0) is 16.2. The lowest BCUT2D eigenvalue weighted by molar-refractivity contribution is 0.0600. The molecule has 0 radical (unpaired) electrons. The monoisotopic (exact) mass is 323 g/mol. The van der Waals surface area contributed by atoms with E-state index >= 15 is 0 Å². The molecule has 0 atom stereocenters. The highest BCUT2D eigenvalue weighted by molar-refractivity contribution is 7.89. The molecule has 5 nitrogen and oxygen atoms in total. The van der Waals surface area contributed by atoms with Gasteiger partial charge in [0.1, 0.15) is 5.82 Å². The van der Waals surface area contributed by atoms with E-state index in [1.165, 1.54) is 49.6 Å². The fourth-order valence-electron chi connectivity index (χ4n) is 1.81. The van der Waals surface area contributed by atoms with Crippen LogP contribution in [0.4, 0.5) is 4.39 Å². The molecule has 0 aromatic heterocycles. The van der Waals surface area contributed by atoms with E-state index in [1.807, 2.05) is 0 Å². The summed E-state index contributed by atoms with van der Waals surface area (Å²) in [6.07, 6.45) is 0. The highest BCUT2D eigenvalue weighted by atomic mass is 32.2. The van der Waals surface area contributed by atoms with Crippen molar-refractivity contribution in [2.75, 3.05) is 7.11 Å². The molecule has 0 fully saturated rings. The van der Waals surface area contributed by atoms with Crippen LogP contribution in [0, 0.1) is 5.82 Å². The van der Waals surface area contributed by atoms with Gasteiger partial charge in [0.15, 0.2) is 0 Å². The van der Waals surface area contributed by atoms with Gasteiger partial charge in [0.05, 0.1) is 17.6 Å². The summed E-state index contributed by atoms with van der Waals surface area (Å²) in [4.78, 5) is 11.3. The Hall–Kier alpha value is -2.25. The van der Waals surface area contributed by atoms with E-state index in [0.717, 1.165) is 0 Å². The van der Waals surface area contributed by atoms with E-state index in [9.17, 15) is 17.6 Å². The largest absolute Gasteiger partial charge is 0.465 e. The summed E-state index contributed by atoms with van der Waals surface area (Å²) in [7, 11) is -2.66. The van der Waals surface area contributed by atoms with Crippen LogP contribution in [0.3, 0.4) is 0 Å². The van der Waals surface area contributed by atoms with Gasteiger partial charge in [-0.15, -0.1) is 0 Å². The predicted octanol–water partition coefficient (Wildman–Crippen LogP) is 2.09. The van der Waals surface area contributed by atoms with Crippen LogP contribution in [0.1, 0.15) is 15.9 Å². The molecule has 0 spiro atoms. The SMILES string of the molecule is COC(=O)c1cccc(S(=O)(=O)NCc2ccccc2F)c1. The number of hydrogen-bond acceptors (Lipinski definition) is 4. The van der Waals surface area contributed by atoms with Crippen LogP contribution in [0.2, 0.25) is 0 Å². The topological polar surface area (TPSA) is 72.5 Å². The summed E-state index contributed by atoms with van der Waals surface area (Å²) < 4.78 is 44.7. The Labute approximate surface area is 127 Å². The maximum absolute atomic E-state index is 13.5. The molecule has 0 bridgehead atoms. The lowest BCUT2D eigenvalue weighted by Crippen LogP contribution is -2.24. The van der Waals surface area contributed by atoms with Crippen molar-refractivity contribution in [1.82, 2.24) is 4.72 Å². The first-order valence-electron chi connectivity index (χ1n) is 6.35. The summed E-state index contributed by atoms with van der Waals surface area (Å²) in [5.74, 6) is -1.13. The zero-order valence-corrected chi connectivity index (χ0v) is 12.6. The second-order valence-corrected chi connectivity index (χ2v) is 6.20. The molecule has 7 heteroatoms. The molecule has 0 saturated heterocycles. The van der Waals surface area contributed by atoms with Crippen molar-refractivity contribution in [3.63, 3.8) is 0 Å². The van der Waals surface area contributed by atoms with Crippen molar-refractivity contribution in [3.8, 4) is 0 Å². The van der Waals surface area contributed by atoms with Gasteiger partial charge in [-0.2, -0.15) is 0 Å². The Bertz CT molecular complexity index is 790. The number of benzene rings is 2. The van der Waals surface area contributed by atoms with Crippen molar-refractivity contribution in [2.24, 2.45) is 0 Å². The minimum absolute atomic E-state index is 0.0910. The molecule has 22 heavy (non-hydrogen) atoms. The van der Waals surface area contributed by atoms with Crippen LogP contribution < -0.4 is 4.72 Å². The third kappa shape index (κ3) is 3.69. The molecule has 0 aliphatic heterocycles. The Morgan fingerprint density at radius 3 is 2.59 bits per heavy atom. The molecule has 0 saturated carbocycles. The summed E-state index contributed by atoms with van der Waals surface area (Å²) in [5, 5.41) is 0. The quantitative estimate of drug-likeness (QED) is 0.855. The van der Waals surface area contributed by atoms with Crippen molar-refractivity contribution < 1.29 is 22.3 Å². The lowest BCUT2D eigenvalue weighted by Gasteiger charge is -2.08. The molecule has 2 aromatic rings. The molecule has 0 unspecified atom stereocenters. The van der Waals surface area contributed by atoms with E-state index < -0.39 is 21.8 Å². The van der Waals surface area contributed by atoms with Gasteiger partial charge >= 0.3 is 5.97 Å². The van der Waals surface area contributed by atoms with Crippen molar-refractivity contribution in [3.05, 3.63) is 65.5 Å². The van der Waals surface area contributed by atoms with Gasteiger partial charge in [0, 0.05) is 12.1 Å². The number of methoxy groups -OCH3 is 1. The van der Waals surface area contributed by atoms with E-state index in [4.69, 9.17) is 0 Å². The summed E-state index contributed by atoms with van der Waals surface area (Å²) >= 11 is 0. The van der Waals surface area contributed by atoms with Gasteiger partial charge in [0.25, 0.3) is 0 Å².